The number of carboxylic acids is 1. The van der Waals surface area contributed by atoms with E-state index in [1.807, 2.05) is 30.3 Å². The Hall–Kier alpha value is -5.20. The van der Waals surface area contributed by atoms with E-state index in [0.29, 0.717) is 39.8 Å². The number of fused-ring (bicyclic) bond motifs is 2. The maximum Gasteiger partial charge on any atom is 0.490 e. The highest BCUT2D eigenvalue weighted by atomic mass is 19.4. The number of aryl methyl sites for hydroxylation is 1. The minimum absolute atomic E-state index is 0.0156. The molecule has 42 heavy (non-hydrogen) atoms. The van der Waals surface area contributed by atoms with Crippen LogP contribution in [0, 0.1) is 6.92 Å². The van der Waals surface area contributed by atoms with Crippen LogP contribution in [0.15, 0.2) is 76.1 Å². The van der Waals surface area contributed by atoms with Crippen LogP contribution in [0.25, 0.3) is 16.6 Å². The monoisotopic (exact) mass is 582 g/mol. The zero-order valence-electron chi connectivity index (χ0n) is 22.8. The molecule has 13 heteroatoms. The van der Waals surface area contributed by atoms with Gasteiger partial charge in [-0.15, -0.1) is 5.10 Å². The van der Waals surface area contributed by atoms with E-state index in [2.05, 4.69) is 36.2 Å². The van der Waals surface area contributed by atoms with Gasteiger partial charge in [-0.2, -0.15) is 13.2 Å². The number of ether oxygens (including phenoxy) is 1. The fraction of sp³-hybridized carbons (Fsp3) is 0.207. The number of amides is 1. The smallest absolute Gasteiger partial charge is 0.475 e. The first-order valence-corrected chi connectivity index (χ1v) is 12.4. The van der Waals surface area contributed by atoms with Crippen molar-refractivity contribution in [2.75, 3.05) is 5.32 Å². The summed E-state index contributed by atoms with van der Waals surface area (Å²) in [5.74, 6) is -1.84. The highest BCUT2D eigenvalue weighted by Crippen LogP contribution is 2.25. The van der Waals surface area contributed by atoms with Gasteiger partial charge in [0.05, 0.1) is 6.20 Å². The van der Waals surface area contributed by atoms with Crippen molar-refractivity contribution >= 4 is 34.3 Å². The van der Waals surface area contributed by atoms with Crippen molar-refractivity contribution in [2.24, 2.45) is 0 Å². The number of aromatic nitrogens is 3. The van der Waals surface area contributed by atoms with Gasteiger partial charge in [-0.1, -0.05) is 32.9 Å². The second-order valence-electron chi connectivity index (χ2n) is 10.2. The normalized spacial score (nSPS) is 11.6. The van der Waals surface area contributed by atoms with Gasteiger partial charge in [-0.25, -0.2) is 19.1 Å². The number of hydrogen-bond donors (Lipinski definition) is 2. The molecule has 0 saturated heterocycles. The topological polar surface area (TPSA) is 136 Å². The van der Waals surface area contributed by atoms with Crippen LogP contribution in [0.2, 0.25) is 0 Å². The highest BCUT2D eigenvalue weighted by molar-refractivity contribution is 6.03. The fourth-order valence-electron chi connectivity index (χ4n) is 3.67. The lowest BCUT2D eigenvalue weighted by Crippen LogP contribution is -2.21. The summed E-state index contributed by atoms with van der Waals surface area (Å²) < 4.78 is 44.4. The third kappa shape index (κ3) is 7.11. The first-order valence-electron chi connectivity index (χ1n) is 12.4. The molecule has 3 aromatic heterocycles. The molecule has 0 atom stereocenters. The van der Waals surface area contributed by atoms with Crippen molar-refractivity contribution in [3.8, 4) is 11.6 Å². The van der Waals surface area contributed by atoms with Gasteiger partial charge in [-0.3, -0.25) is 4.79 Å². The Morgan fingerprint density at radius 1 is 1.00 bits per heavy atom. The Morgan fingerprint density at radius 3 is 2.29 bits per heavy atom. The van der Waals surface area contributed by atoms with Gasteiger partial charge in [0.15, 0.2) is 11.5 Å². The summed E-state index contributed by atoms with van der Waals surface area (Å²) in [6.07, 6.45) is -3.47. The van der Waals surface area contributed by atoms with Crippen LogP contribution < -0.4 is 15.7 Å². The second-order valence-corrected chi connectivity index (χ2v) is 10.2. The van der Waals surface area contributed by atoms with E-state index in [1.165, 1.54) is 4.52 Å². The Labute approximate surface area is 236 Å². The molecule has 0 aliphatic heterocycles. The maximum atomic E-state index is 12.7. The van der Waals surface area contributed by atoms with E-state index in [1.54, 1.807) is 43.5 Å². The van der Waals surface area contributed by atoms with Crippen LogP contribution in [-0.4, -0.2) is 37.8 Å². The number of anilines is 1. The minimum atomic E-state index is -5.08. The van der Waals surface area contributed by atoms with Crippen molar-refractivity contribution in [1.29, 1.82) is 0 Å². The van der Waals surface area contributed by atoms with Gasteiger partial charge in [0.1, 0.15) is 11.3 Å². The first-order chi connectivity index (χ1) is 19.6. The summed E-state index contributed by atoms with van der Waals surface area (Å²) in [4.78, 5) is 37.8. The van der Waals surface area contributed by atoms with Crippen LogP contribution in [-0.2, 0) is 10.2 Å². The summed E-state index contributed by atoms with van der Waals surface area (Å²) in [5.41, 5.74) is 2.86. The summed E-state index contributed by atoms with van der Waals surface area (Å²) in [6, 6.07) is 18.0. The molecule has 5 rings (SSSR count). The molecule has 0 saturated carbocycles. The summed E-state index contributed by atoms with van der Waals surface area (Å²) >= 11 is 0. The molecule has 3 heterocycles. The Balaban J connectivity index is 0.000000517. The predicted molar refractivity (Wildman–Crippen MR) is 147 cm³/mol. The average molecular weight is 583 g/mol. The lowest BCUT2D eigenvalue weighted by atomic mass is 9.87. The molecule has 0 bridgehead atoms. The SMILES string of the molecule is Cc1cc2ccc(Oc3ccc4nc(NC(=O)c5ccc(C(C)(C)C)cc5)cn4n3)cc2oc1=O.O=C(O)C(F)(F)F. The largest absolute Gasteiger partial charge is 0.490 e. The number of nitrogens with zero attached hydrogens (tertiary/aromatic N) is 3. The predicted octanol–water partition coefficient (Wildman–Crippen LogP) is 6.12. The number of alkyl halides is 3. The number of aliphatic carboxylic acids is 1. The Kier molecular flexibility index (Phi) is 8.05. The summed E-state index contributed by atoms with van der Waals surface area (Å²) in [7, 11) is 0. The van der Waals surface area contributed by atoms with Gasteiger partial charge < -0.3 is 19.6 Å². The molecular weight excluding hydrogens is 557 g/mol. The van der Waals surface area contributed by atoms with Crippen molar-refractivity contribution in [3.63, 3.8) is 0 Å². The van der Waals surface area contributed by atoms with E-state index in [0.717, 1.165) is 10.9 Å². The van der Waals surface area contributed by atoms with E-state index in [4.69, 9.17) is 19.1 Å². The average Bonchev–Trinajstić information content (AvgIpc) is 3.30. The van der Waals surface area contributed by atoms with Crippen molar-refractivity contribution in [3.05, 3.63) is 94.0 Å². The second kappa shape index (κ2) is 11.4. The number of nitrogens with one attached hydrogen (secondary N) is 1. The Morgan fingerprint density at radius 2 is 1.67 bits per heavy atom. The van der Waals surface area contributed by atoms with Crippen LogP contribution in [0.4, 0.5) is 19.0 Å². The minimum Gasteiger partial charge on any atom is -0.475 e. The molecule has 2 N–H and O–H groups in total. The molecule has 5 aromatic rings. The molecule has 10 nitrogen and oxygen atoms in total. The lowest BCUT2D eigenvalue weighted by Gasteiger charge is -2.18. The molecule has 218 valence electrons. The van der Waals surface area contributed by atoms with Gasteiger partial charge in [-0.05, 0) is 54.3 Å². The van der Waals surface area contributed by atoms with E-state index >= 15 is 0 Å². The Bertz CT molecular complexity index is 1840. The van der Waals surface area contributed by atoms with E-state index in [9.17, 15) is 22.8 Å². The molecule has 0 aliphatic carbocycles. The van der Waals surface area contributed by atoms with Crippen molar-refractivity contribution in [1.82, 2.24) is 14.6 Å². The van der Waals surface area contributed by atoms with Crippen LogP contribution in [0.1, 0.15) is 42.3 Å². The molecule has 1 amide bonds. The van der Waals surface area contributed by atoms with Crippen LogP contribution >= 0.6 is 0 Å². The third-order valence-electron chi connectivity index (χ3n) is 5.90. The number of carbonyl (C=O) groups is 2. The summed E-state index contributed by atoms with van der Waals surface area (Å²) in [6.45, 7) is 8.09. The number of rotatable bonds is 4. The third-order valence-corrected chi connectivity index (χ3v) is 5.90. The lowest BCUT2D eigenvalue weighted by molar-refractivity contribution is -0.192. The zero-order chi connectivity index (χ0) is 30.8. The molecule has 0 radical (unpaired) electrons. The number of carbonyl (C=O) groups excluding carboxylic acids is 1. The quantitative estimate of drug-likeness (QED) is 0.242. The van der Waals surface area contributed by atoms with Gasteiger partial charge >= 0.3 is 17.8 Å². The van der Waals surface area contributed by atoms with E-state index in [-0.39, 0.29) is 16.9 Å². The zero-order valence-corrected chi connectivity index (χ0v) is 22.8. The molecule has 0 aliphatic rings. The van der Waals surface area contributed by atoms with Gasteiger partial charge in [0, 0.05) is 28.6 Å². The number of imidazole rings is 1. The molecule has 0 fully saturated rings. The summed E-state index contributed by atoms with van der Waals surface area (Å²) in [5, 5.41) is 15.2. The molecule has 0 unspecified atom stereocenters. The number of benzene rings is 2. The number of halogens is 3. The maximum absolute atomic E-state index is 12.7. The number of hydrogen-bond acceptors (Lipinski definition) is 7. The van der Waals surface area contributed by atoms with Crippen molar-refractivity contribution < 1.29 is 37.0 Å². The first kappa shape index (κ1) is 29.8. The highest BCUT2D eigenvalue weighted by Gasteiger charge is 2.38. The molecule has 0 spiro atoms. The standard InChI is InChI=1S/C27H24N4O4.C2HF3O2/c1-16-13-18-7-10-20(14-21(18)35-26(16)33)34-24-12-11-23-28-22(15-31(23)30-24)29-25(32)17-5-8-19(9-6-17)27(2,3)4;3-2(4,5)1(6)7/h5-15H,1-4H3,(H,29,32);(H,6,7). The number of carboxylic acid groups (broad SMARTS) is 1. The van der Waals surface area contributed by atoms with Gasteiger partial charge in [0.2, 0.25) is 5.88 Å². The van der Waals surface area contributed by atoms with Crippen molar-refractivity contribution in [2.45, 2.75) is 39.3 Å². The van der Waals surface area contributed by atoms with Crippen LogP contribution in [0.3, 0.4) is 0 Å². The van der Waals surface area contributed by atoms with E-state index < -0.39 is 12.1 Å². The van der Waals surface area contributed by atoms with Crippen LogP contribution in [0.5, 0.6) is 11.6 Å². The van der Waals surface area contributed by atoms with Gasteiger partial charge in [0.25, 0.3) is 5.91 Å². The molecule has 2 aromatic carbocycles. The molecular formula is C29H25F3N4O6. The fourth-order valence-corrected chi connectivity index (χ4v) is 3.67.